The Labute approximate surface area is 130 Å². The molecule has 18 heavy (non-hydrogen) atoms. The van der Waals surface area contributed by atoms with Gasteiger partial charge in [-0.15, -0.1) is 0 Å². The smallest absolute Gasteiger partial charge is 0.190 e. The summed E-state index contributed by atoms with van der Waals surface area (Å²) in [7, 11) is 0. The average molecular weight is 411 g/mol. The van der Waals surface area contributed by atoms with E-state index in [-0.39, 0.29) is 0 Å². The van der Waals surface area contributed by atoms with Crippen LogP contribution in [0.2, 0.25) is 10.0 Å². The number of ether oxygens (including phenoxy) is 2. The molecule has 0 radical (unpaired) electrons. The second kappa shape index (κ2) is 4.60. The molecule has 2 aromatic carbocycles. The highest BCUT2D eigenvalue weighted by molar-refractivity contribution is 9.10. The molecule has 0 saturated heterocycles. The van der Waals surface area contributed by atoms with Crippen LogP contribution in [0, 0.1) is 0 Å². The van der Waals surface area contributed by atoms with Gasteiger partial charge in [0.15, 0.2) is 23.0 Å². The molecule has 0 saturated carbocycles. The van der Waals surface area contributed by atoms with Gasteiger partial charge in [0.05, 0.1) is 9.50 Å². The fourth-order valence-electron chi connectivity index (χ4n) is 1.62. The van der Waals surface area contributed by atoms with E-state index in [1.807, 2.05) is 18.2 Å². The summed E-state index contributed by atoms with van der Waals surface area (Å²) in [5, 5.41) is 0.719. The molecule has 3 rings (SSSR count). The van der Waals surface area contributed by atoms with Crippen LogP contribution >= 0.6 is 55.1 Å². The molecule has 1 heterocycles. The highest BCUT2D eigenvalue weighted by Gasteiger charge is 2.25. The maximum absolute atomic E-state index is 6.15. The summed E-state index contributed by atoms with van der Waals surface area (Å²) in [6, 6.07) is 7.28. The number of rotatable bonds is 0. The molecule has 1 aliphatic heterocycles. The minimum Gasteiger partial charge on any atom is -0.449 e. The summed E-state index contributed by atoms with van der Waals surface area (Å²) < 4.78 is 13.0. The van der Waals surface area contributed by atoms with Gasteiger partial charge in [0.25, 0.3) is 0 Å². The molecular formula is C12H4Br2Cl2O2. The third kappa shape index (κ3) is 1.92. The van der Waals surface area contributed by atoms with E-state index in [1.54, 1.807) is 6.07 Å². The third-order valence-corrected chi connectivity index (χ3v) is 4.77. The summed E-state index contributed by atoms with van der Waals surface area (Å²) in [6.45, 7) is 0. The maximum atomic E-state index is 6.15. The molecule has 2 aromatic rings. The van der Waals surface area contributed by atoms with Crippen molar-refractivity contribution in [2.24, 2.45) is 0 Å². The van der Waals surface area contributed by atoms with Gasteiger partial charge in [-0.05, 0) is 44.0 Å². The lowest BCUT2D eigenvalue weighted by atomic mass is 10.2. The van der Waals surface area contributed by atoms with Gasteiger partial charge in [0.2, 0.25) is 0 Å². The third-order valence-electron chi connectivity index (χ3n) is 2.44. The van der Waals surface area contributed by atoms with E-state index in [1.165, 1.54) is 0 Å². The molecule has 92 valence electrons. The van der Waals surface area contributed by atoms with Gasteiger partial charge in [-0.1, -0.05) is 29.3 Å². The Morgan fingerprint density at radius 2 is 1.61 bits per heavy atom. The van der Waals surface area contributed by atoms with Gasteiger partial charge in [-0.25, -0.2) is 0 Å². The summed E-state index contributed by atoms with van der Waals surface area (Å²) in [6.07, 6.45) is 0. The molecule has 0 spiro atoms. The standard InChI is InChI=1S/C12H4Br2Cl2O2/c13-5-2-1-3-7-11(5)18-12-8(17-7)4-6(14)9(15)10(12)16/h1-4H. The van der Waals surface area contributed by atoms with Crippen molar-refractivity contribution in [1.29, 1.82) is 0 Å². The first-order valence-corrected chi connectivity index (χ1v) is 7.24. The van der Waals surface area contributed by atoms with Crippen LogP contribution in [0.15, 0.2) is 33.2 Å². The van der Waals surface area contributed by atoms with Crippen LogP contribution < -0.4 is 9.47 Å². The quantitative estimate of drug-likeness (QED) is 0.398. The first-order chi connectivity index (χ1) is 8.58. The van der Waals surface area contributed by atoms with Gasteiger partial charge in [0.1, 0.15) is 5.02 Å². The van der Waals surface area contributed by atoms with Crippen LogP contribution in [0.5, 0.6) is 23.0 Å². The molecule has 0 bridgehead atoms. The lowest BCUT2D eigenvalue weighted by Crippen LogP contribution is -2.00. The molecule has 0 unspecified atom stereocenters. The van der Waals surface area contributed by atoms with Gasteiger partial charge in [0, 0.05) is 10.5 Å². The average Bonchev–Trinajstić information content (AvgIpc) is 2.35. The number of hydrogen-bond donors (Lipinski definition) is 0. The number of benzene rings is 2. The van der Waals surface area contributed by atoms with Gasteiger partial charge < -0.3 is 9.47 Å². The van der Waals surface area contributed by atoms with Crippen LogP contribution in [0.25, 0.3) is 0 Å². The Bertz CT molecular complexity index is 659. The largest absolute Gasteiger partial charge is 0.449 e. The molecule has 6 heteroatoms. The van der Waals surface area contributed by atoms with Crippen LogP contribution in [-0.2, 0) is 0 Å². The lowest BCUT2D eigenvalue weighted by molar-refractivity contribution is 0.357. The highest BCUT2D eigenvalue weighted by atomic mass is 79.9. The minimum absolute atomic E-state index is 0.322. The molecule has 0 fully saturated rings. The van der Waals surface area contributed by atoms with Crippen molar-refractivity contribution in [2.45, 2.75) is 0 Å². The fourth-order valence-corrected chi connectivity index (χ4v) is 2.94. The zero-order valence-corrected chi connectivity index (χ0v) is 13.3. The van der Waals surface area contributed by atoms with E-state index in [9.17, 15) is 0 Å². The SMILES string of the molecule is Clc1c(Br)cc2c(c1Cl)Oc1c(Br)cccc1O2. The Hall–Kier alpha value is -0.420. The predicted molar refractivity (Wildman–Crippen MR) is 78.5 cm³/mol. The normalized spacial score (nSPS) is 12.2. The van der Waals surface area contributed by atoms with E-state index < -0.39 is 0 Å². The molecule has 0 aromatic heterocycles. The van der Waals surface area contributed by atoms with Crippen LogP contribution in [0.1, 0.15) is 0 Å². The van der Waals surface area contributed by atoms with Crippen molar-refractivity contribution in [3.05, 3.63) is 43.3 Å². The predicted octanol–water partition coefficient (Wildman–Crippen LogP) is 6.42. The van der Waals surface area contributed by atoms with Crippen molar-refractivity contribution in [2.75, 3.05) is 0 Å². The lowest BCUT2D eigenvalue weighted by Gasteiger charge is -2.23. The summed E-state index contributed by atoms with van der Waals surface area (Å²) in [4.78, 5) is 0. The van der Waals surface area contributed by atoms with Crippen molar-refractivity contribution in [3.8, 4) is 23.0 Å². The van der Waals surface area contributed by atoms with Crippen molar-refractivity contribution in [3.63, 3.8) is 0 Å². The molecule has 0 aliphatic carbocycles. The summed E-state index contributed by atoms with van der Waals surface area (Å²) in [5.41, 5.74) is 0. The van der Waals surface area contributed by atoms with Crippen molar-refractivity contribution in [1.82, 2.24) is 0 Å². The second-order valence-electron chi connectivity index (χ2n) is 3.58. The molecule has 0 N–H and O–H groups in total. The molecule has 1 aliphatic rings. The Balaban J connectivity index is 2.20. The fraction of sp³-hybridized carbons (Fsp3) is 0. The van der Waals surface area contributed by atoms with Crippen LogP contribution in [-0.4, -0.2) is 0 Å². The first-order valence-electron chi connectivity index (χ1n) is 4.89. The van der Waals surface area contributed by atoms with E-state index >= 15 is 0 Å². The molecule has 0 amide bonds. The molecule has 2 nitrogen and oxygen atoms in total. The van der Waals surface area contributed by atoms with E-state index in [4.69, 9.17) is 32.7 Å². The number of para-hydroxylation sites is 1. The maximum Gasteiger partial charge on any atom is 0.190 e. The highest BCUT2D eigenvalue weighted by Crippen LogP contribution is 2.54. The topological polar surface area (TPSA) is 18.5 Å². The minimum atomic E-state index is 0.322. The van der Waals surface area contributed by atoms with E-state index in [0.717, 1.165) is 4.47 Å². The van der Waals surface area contributed by atoms with Gasteiger partial charge >= 0.3 is 0 Å². The second-order valence-corrected chi connectivity index (χ2v) is 6.05. The van der Waals surface area contributed by atoms with E-state index in [0.29, 0.717) is 37.5 Å². The zero-order chi connectivity index (χ0) is 12.9. The van der Waals surface area contributed by atoms with Gasteiger partial charge in [-0.2, -0.15) is 0 Å². The van der Waals surface area contributed by atoms with Crippen molar-refractivity contribution >= 4 is 55.1 Å². The Morgan fingerprint density at radius 3 is 2.39 bits per heavy atom. The molecular weight excluding hydrogens is 407 g/mol. The summed E-state index contributed by atoms with van der Waals surface area (Å²) >= 11 is 18.9. The van der Waals surface area contributed by atoms with Crippen LogP contribution in [0.4, 0.5) is 0 Å². The summed E-state index contributed by atoms with van der Waals surface area (Å²) in [5.74, 6) is 2.17. The zero-order valence-electron chi connectivity index (χ0n) is 8.64. The van der Waals surface area contributed by atoms with E-state index in [2.05, 4.69) is 31.9 Å². The number of halogens is 4. The first kappa shape index (κ1) is 12.6. The van der Waals surface area contributed by atoms with Crippen molar-refractivity contribution < 1.29 is 9.47 Å². The van der Waals surface area contributed by atoms with Crippen LogP contribution in [0.3, 0.4) is 0 Å². The number of fused-ring (bicyclic) bond motifs is 2. The Kier molecular flexibility index (Phi) is 3.22. The number of hydrogen-bond acceptors (Lipinski definition) is 2. The monoisotopic (exact) mass is 408 g/mol. The molecule has 0 atom stereocenters. The Morgan fingerprint density at radius 1 is 0.833 bits per heavy atom. The van der Waals surface area contributed by atoms with Gasteiger partial charge in [-0.3, -0.25) is 0 Å².